The van der Waals surface area contributed by atoms with Crippen LogP contribution in [-0.2, 0) is 6.42 Å². The van der Waals surface area contributed by atoms with Gasteiger partial charge in [-0.2, -0.15) is 0 Å². The monoisotopic (exact) mass is 165 g/mol. The predicted octanol–water partition coefficient (Wildman–Crippen LogP) is 2.43. The Balaban J connectivity index is 2.82. The van der Waals surface area contributed by atoms with Gasteiger partial charge in [-0.05, 0) is 26.3 Å². The third-order valence-corrected chi connectivity index (χ3v) is 1.58. The molecule has 0 amide bonds. The molecule has 2 nitrogen and oxygen atoms in total. The zero-order valence-corrected chi connectivity index (χ0v) is 7.87. The van der Waals surface area contributed by atoms with Gasteiger partial charge in [0, 0.05) is 11.8 Å². The zero-order valence-electron chi connectivity index (χ0n) is 7.87. The van der Waals surface area contributed by atoms with Crippen molar-refractivity contribution < 1.29 is 4.74 Å². The first kappa shape index (κ1) is 9.04. The van der Waals surface area contributed by atoms with Gasteiger partial charge in [-0.3, -0.25) is 0 Å². The molecular weight excluding hydrogens is 150 g/mol. The molecule has 0 spiro atoms. The number of pyridine rings is 1. The molecule has 1 heterocycles. The van der Waals surface area contributed by atoms with Gasteiger partial charge in [0.2, 0.25) is 5.88 Å². The Bertz CT molecular complexity index is 245. The van der Waals surface area contributed by atoms with E-state index in [2.05, 4.69) is 11.9 Å². The van der Waals surface area contributed by atoms with Crippen LogP contribution < -0.4 is 4.74 Å². The maximum atomic E-state index is 5.53. The number of nitrogens with zero attached hydrogens (tertiary/aromatic N) is 1. The van der Waals surface area contributed by atoms with Crippen LogP contribution in [0.4, 0.5) is 0 Å². The van der Waals surface area contributed by atoms with E-state index in [9.17, 15) is 0 Å². The summed E-state index contributed by atoms with van der Waals surface area (Å²) in [5.41, 5.74) is 1.17. The molecule has 0 aliphatic carbocycles. The van der Waals surface area contributed by atoms with Crippen LogP contribution in [0.3, 0.4) is 0 Å². The third-order valence-electron chi connectivity index (χ3n) is 1.58. The van der Waals surface area contributed by atoms with E-state index in [-0.39, 0.29) is 6.10 Å². The highest BCUT2D eigenvalue weighted by Gasteiger charge is 2.03. The predicted molar refractivity (Wildman–Crippen MR) is 49.4 cm³/mol. The Kier molecular flexibility index (Phi) is 3.09. The Labute approximate surface area is 73.6 Å². The second-order valence-electron chi connectivity index (χ2n) is 2.99. The van der Waals surface area contributed by atoms with E-state index in [0.717, 1.165) is 12.3 Å². The molecule has 12 heavy (non-hydrogen) atoms. The quantitative estimate of drug-likeness (QED) is 0.686. The summed E-state index contributed by atoms with van der Waals surface area (Å²) in [5, 5.41) is 0. The van der Waals surface area contributed by atoms with Crippen LogP contribution in [0.1, 0.15) is 26.3 Å². The molecule has 0 aliphatic rings. The standard InChI is InChI=1S/C10H15NO/c1-4-9-6-5-7-11-10(9)12-8(2)3/h5-8H,4H2,1-3H3. The average molecular weight is 165 g/mol. The van der Waals surface area contributed by atoms with Crippen LogP contribution in [-0.4, -0.2) is 11.1 Å². The van der Waals surface area contributed by atoms with Crippen molar-refractivity contribution in [2.75, 3.05) is 0 Å². The topological polar surface area (TPSA) is 22.1 Å². The fraction of sp³-hybridized carbons (Fsp3) is 0.500. The normalized spacial score (nSPS) is 10.3. The van der Waals surface area contributed by atoms with Crippen molar-refractivity contribution >= 4 is 0 Å². The summed E-state index contributed by atoms with van der Waals surface area (Å²) in [7, 11) is 0. The second-order valence-corrected chi connectivity index (χ2v) is 2.99. The molecule has 0 atom stereocenters. The van der Waals surface area contributed by atoms with E-state index >= 15 is 0 Å². The van der Waals surface area contributed by atoms with Gasteiger partial charge < -0.3 is 4.74 Å². The lowest BCUT2D eigenvalue weighted by Crippen LogP contribution is -2.08. The minimum Gasteiger partial charge on any atom is -0.475 e. The summed E-state index contributed by atoms with van der Waals surface area (Å²) in [4.78, 5) is 4.17. The minimum absolute atomic E-state index is 0.199. The van der Waals surface area contributed by atoms with Crippen molar-refractivity contribution in [1.82, 2.24) is 4.98 Å². The molecule has 1 aromatic heterocycles. The van der Waals surface area contributed by atoms with Gasteiger partial charge in [0.25, 0.3) is 0 Å². The van der Waals surface area contributed by atoms with Gasteiger partial charge in [0.05, 0.1) is 6.10 Å². The fourth-order valence-corrected chi connectivity index (χ4v) is 1.02. The highest BCUT2D eigenvalue weighted by Crippen LogP contribution is 2.15. The molecule has 0 saturated heterocycles. The zero-order chi connectivity index (χ0) is 8.97. The van der Waals surface area contributed by atoms with E-state index in [1.807, 2.05) is 26.0 Å². The van der Waals surface area contributed by atoms with Gasteiger partial charge >= 0.3 is 0 Å². The summed E-state index contributed by atoms with van der Waals surface area (Å²) in [6.45, 7) is 6.12. The molecule has 66 valence electrons. The van der Waals surface area contributed by atoms with Crippen LogP contribution in [0.2, 0.25) is 0 Å². The summed E-state index contributed by atoms with van der Waals surface area (Å²) in [6.07, 6.45) is 2.93. The van der Waals surface area contributed by atoms with Crippen molar-refractivity contribution in [1.29, 1.82) is 0 Å². The molecule has 1 rings (SSSR count). The van der Waals surface area contributed by atoms with Gasteiger partial charge in [-0.1, -0.05) is 13.0 Å². The minimum atomic E-state index is 0.199. The van der Waals surface area contributed by atoms with Gasteiger partial charge in [0.1, 0.15) is 0 Å². The van der Waals surface area contributed by atoms with Crippen molar-refractivity contribution in [2.24, 2.45) is 0 Å². The number of ether oxygens (including phenoxy) is 1. The highest BCUT2D eigenvalue weighted by molar-refractivity contribution is 5.25. The summed E-state index contributed by atoms with van der Waals surface area (Å²) in [5.74, 6) is 0.773. The van der Waals surface area contributed by atoms with E-state index < -0.39 is 0 Å². The van der Waals surface area contributed by atoms with Gasteiger partial charge in [-0.25, -0.2) is 4.98 Å². The summed E-state index contributed by atoms with van der Waals surface area (Å²) < 4.78 is 5.53. The average Bonchev–Trinajstić information content (AvgIpc) is 2.04. The van der Waals surface area contributed by atoms with Crippen LogP contribution in [0, 0.1) is 0 Å². The fourth-order valence-electron chi connectivity index (χ4n) is 1.02. The van der Waals surface area contributed by atoms with Gasteiger partial charge in [-0.15, -0.1) is 0 Å². The van der Waals surface area contributed by atoms with Crippen LogP contribution in [0.25, 0.3) is 0 Å². The third kappa shape index (κ3) is 2.22. The lowest BCUT2D eigenvalue weighted by Gasteiger charge is -2.11. The summed E-state index contributed by atoms with van der Waals surface area (Å²) in [6, 6.07) is 3.98. The first-order valence-electron chi connectivity index (χ1n) is 4.34. The van der Waals surface area contributed by atoms with Crippen molar-refractivity contribution in [3.8, 4) is 5.88 Å². The SMILES string of the molecule is CCc1cccnc1OC(C)C. The van der Waals surface area contributed by atoms with Gasteiger partial charge in [0.15, 0.2) is 0 Å². The first-order chi connectivity index (χ1) is 5.74. The van der Waals surface area contributed by atoms with Crippen molar-refractivity contribution in [2.45, 2.75) is 33.3 Å². The molecule has 0 N–H and O–H groups in total. The van der Waals surface area contributed by atoms with Crippen LogP contribution >= 0.6 is 0 Å². The van der Waals surface area contributed by atoms with E-state index in [1.54, 1.807) is 6.20 Å². The maximum Gasteiger partial charge on any atom is 0.216 e. The second kappa shape index (κ2) is 4.10. The molecule has 0 fully saturated rings. The molecule has 0 aromatic carbocycles. The van der Waals surface area contributed by atoms with Crippen molar-refractivity contribution in [3.05, 3.63) is 23.9 Å². The largest absolute Gasteiger partial charge is 0.475 e. The molecule has 0 unspecified atom stereocenters. The van der Waals surface area contributed by atoms with E-state index in [1.165, 1.54) is 5.56 Å². The molecular formula is C10H15NO. The molecule has 0 aliphatic heterocycles. The first-order valence-corrected chi connectivity index (χ1v) is 4.34. The Morgan fingerprint density at radius 3 is 2.83 bits per heavy atom. The summed E-state index contributed by atoms with van der Waals surface area (Å²) >= 11 is 0. The number of hydrogen-bond acceptors (Lipinski definition) is 2. The Morgan fingerprint density at radius 2 is 2.25 bits per heavy atom. The highest BCUT2D eigenvalue weighted by atomic mass is 16.5. The maximum absolute atomic E-state index is 5.53. The lowest BCUT2D eigenvalue weighted by atomic mass is 10.2. The molecule has 0 radical (unpaired) electrons. The molecule has 2 heteroatoms. The molecule has 1 aromatic rings. The smallest absolute Gasteiger partial charge is 0.216 e. The number of aryl methyl sites for hydroxylation is 1. The van der Waals surface area contributed by atoms with E-state index in [4.69, 9.17) is 4.74 Å². The van der Waals surface area contributed by atoms with E-state index in [0.29, 0.717) is 0 Å². The van der Waals surface area contributed by atoms with Crippen LogP contribution in [0.5, 0.6) is 5.88 Å². The Morgan fingerprint density at radius 1 is 1.50 bits per heavy atom. The van der Waals surface area contributed by atoms with Crippen LogP contribution in [0.15, 0.2) is 18.3 Å². The molecule has 0 saturated carbocycles. The molecule has 0 bridgehead atoms. The Hall–Kier alpha value is -1.05. The number of hydrogen-bond donors (Lipinski definition) is 0. The number of rotatable bonds is 3. The van der Waals surface area contributed by atoms with Crippen molar-refractivity contribution in [3.63, 3.8) is 0 Å². The lowest BCUT2D eigenvalue weighted by molar-refractivity contribution is 0.230. The number of aromatic nitrogens is 1.